The number of para-hydroxylation sites is 3. The van der Waals surface area contributed by atoms with Gasteiger partial charge in [0.05, 0.1) is 27.8 Å². The number of nitrogens with zero attached hydrogens (tertiary/aromatic N) is 1. The van der Waals surface area contributed by atoms with E-state index in [-0.39, 0.29) is 10.8 Å². The Kier molecular flexibility index (Phi) is 5.15. The minimum atomic E-state index is -0.164. The quantitative estimate of drug-likeness (QED) is 0.183. The Morgan fingerprint density at radius 1 is 0.553 bits per heavy atom. The molecule has 6 aromatic carbocycles. The zero-order valence-electron chi connectivity index (χ0n) is 25.7. The molecule has 0 bridgehead atoms. The molecule has 0 N–H and O–H groups in total. The molecule has 10 rings (SSSR count). The van der Waals surface area contributed by atoms with E-state index < -0.39 is 0 Å². The van der Waals surface area contributed by atoms with E-state index in [1.54, 1.807) is 0 Å². The van der Waals surface area contributed by atoms with E-state index in [9.17, 15) is 4.79 Å². The molecule has 0 radical (unpaired) electrons. The van der Waals surface area contributed by atoms with Gasteiger partial charge in [0.25, 0.3) is 0 Å². The van der Waals surface area contributed by atoms with E-state index in [1.165, 1.54) is 11.1 Å². The molecule has 8 aromatic rings. The fourth-order valence-electron chi connectivity index (χ4n) is 7.44. The van der Waals surface area contributed by atoms with Crippen LogP contribution in [0.15, 0.2) is 141 Å². The van der Waals surface area contributed by atoms with Crippen LogP contribution >= 0.6 is 0 Å². The van der Waals surface area contributed by atoms with Crippen LogP contribution < -0.4 is 15.1 Å². The topological polar surface area (TPSA) is 55.8 Å². The molecule has 0 unspecified atom stereocenters. The minimum Gasteiger partial charge on any atom is -0.456 e. The van der Waals surface area contributed by atoms with Gasteiger partial charge in [-0.1, -0.05) is 74.5 Å². The van der Waals surface area contributed by atoms with Crippen molar-refractivity contribution >= 4 is 50.0 Å². The molecule has 0 spiro atoms. The Morgan fingerprint density at radius 2 is 1.26 bits per heavy atom. The number of hydrogen-bond donors (Lipinski definition) is 0. The van der Waals surface area contributed by atoms with Crippen molar-refractivity contribution in [3.63, 3.8) is 0 Å². The van der Waals surface area contributed by atoms with E-state index in [2.05, 4.69) is 73.3 Å². The van der Waals surface area contributed by atoms with Crippen LogP contribution in [-0.4, -0.2) is 0 Å². The Bertz CT molecular complexity index is 2640. The summed E-state index contributed by atoms with van der Waals surface area (Å²) in [6.45, 7) is 4.55. The smallest absolute Gasteiger partial charge is 0.200 e. The van der Waals surface area contributed by atoms with E-state index in [0.29, 0.717) is 27.7 Å². The van der Waals surface area contributed by atoms with Gasteiger partial charge in [-0.3, -0.25) is 4.79 Å². The summed E-state index contributed by atoms with van der Waals surface area (Å²) in [6.07, 6.45) is 0. The van der Waals surface area contributed by atoms with Crippen LogP contribution in [0, 0.1) is 0 Å². The molecule has 5 heteroatoms. The predicted octanol–water partition coefficient (Wildman–Crippen LogP) is 11.2. The van der Waals surface area contributed by atoms with Crippen molar-refractivity contribution in [2.75, 3.05) is 4.90 Å². The average molecular weight is 610 g/mol. The van der Waals surface area contributed by atoms with Crippen molar-refractivity contribution < 1.29 is 13.6 Å². The monoisotopic (exact) mass is 609 g/mol. The normalized spacial score (nSPS) is 14.1. The lowest BCUT2D eigenvalue weighted by Gasteiger charge is -2.44. The molecular weight excluding hydrogens is 582 g/mol. The summed E-state index contributed by atoms with van der Waals surface area (Å²) in [7, 11) is 0. The number of rotatable bonds is 2. The van der Waals surface area contributed by atoms with Crippen molar-refractivity contribution in [2.24, 2.45) is 0 Å². The standard InChI is InChI=1S/C42H27NO4/c1-42(2)30-9-4-5-11-32(30)43-33-17-14-25(22-39(33)47-37-13-7-10-31(42)40(37)43)24-15-18-35-28(20-24)41(44)29-21-27(16-19-36(29)46-35)38-23-26-8-3-6-12-34(26)45-38/h3-23H,1-2H3. The van der Waals surface area contributed by atoms with Crippen LogP contribution in [0.2, 0.25) is 0 Å². The summed E-state index contributed by atoms with van der Waals surface area (Å²) in [5.74, 6) is 2.31. The van der Waals surface area contributed by atoms with Crippen LogP contribution in [-0.2, 0) is 5.41 Å². The van der Waals surface area contributed by atoms with Crippen molar-refractivity contribution in [1.82, 2.24) is 0 Å². The molecule has 224 valence electrons. The molecule has 0 aliphatic carbocycles. The summed E-state index contributed by atoms with van der Waals surface area (Å²) >= 11 is 0. The van der Waals surface area contributed by atoms with Gasteiger partial charge in [0, 0.05) is 16.4 Å². The maximum absolute atomic E-state index is 14.0. The third kappa shape index (κ3) is 3.68. The van der Waals surface area contributed by atoms with Gasteiger partial charge < -0.3 is 18.5 Å². The second-order valence-electron chi connectivity index (χ2n) is 12.9. The molecule has 0 fully saturated rings. The highest BCUT2D eigenvalue weighted by Crippen LogP contribution is 2.59. The maximum atomic E-state index is 14.0. The van der Waals surface area contributed by atoms with Gasteiger partial charge in [-0.2, -0.15) is 0 Å². The zero-order chi connectivity index (χ0) is 31.4. The van der Waals surface area contributed by atoms with Gasteiger partial charge >= 0.3 is 0 Å². The number of hydrogen-bond acceptors (Lipinski definition) is 5. The molecule has 47 heavy (non-hydrogen) atoms. The number of benzene rings is 6. The molecular formula is C42H27NO4. The number of ether oxygens (including phenoxy) is 1. The maximum Gasteiger partial charge on any atom is 0.200 e. The first-order valence-electron chi connectivity index (χ1n) is 15.8. The largest absolute Gasteiger partial charge is 0.456 e. The van der Waals surface area contributed by atoms with Gasteiger partial charge in [-0.25, -0.2) is 0 Å². The molecule has 2 aliphatic rings. The van der Waals surface area contributed by atoms with E-state index in [0.717, 1.165) is 56.2 Å². The minimum absolute atomic E-state index is 0.0794. The lowest BCUT2D eigenvalue weighted by molar-refractivity contribution is 0.471. The summed E-state index contributed by atoms with van der Waals surface area (Å²) < 4.78 is 18.9. The first kappa shape index (κ1) is 26.2. The zero-order valence-corrected chi connectivity index (χ0v) is 25.7. The summed E-state index contributed by atoms with van der Waals surface area (Å²) in [6, 6.07) is 42.5. The van der Waals surface area contributed by atoms with Crippen LogP contribution in [0.3, 0.4) is 0 Å². The highest BCUT2D eigenvalue weighted by Gasteiger charge is 2.41. The second-order valence-corrected chi connectivity index (χ2v) is 12.9. The number of anilines is 3. The van der Waals surface area contributed by atoms with Crippen molar-refractivity contribution in [1.29, 1.82) is 0 Å². The van der Waals surface area contributed by atoms with Gasteiger partial charge in [0.15, 0.2) is 11.5 Å². The highest BCUT2D eigenvalue weighted by molar-refractivity contribution is 5.96. The summed E-state index contributed by atoms with van der Waals surface area (Å²) in [4.78, 5) is 16.3. The molecule has 5 nitrogen and oxygen atoms in total. The predicted molar refractivity (Wildman–Crippen MR) is 188 cm³/mol. The highest BCUT2D eigenvalue weighted by atomic mass is 16.5. The molecule has 2 aliphatic heterocycles. The Hall–Kier alpha value is -6.07. The van der Waals surface area contributed by atoms with E-state index in [1.807, 2.05) is 72.8 Å². The van der Waals surface area contributed by atoms with Crippen LogP contribution in [0.1, 0.15) is 25.0 Å². The van der Waals surface area contributed by atoms with Crippen LogP contribution in [0.25, 0.3) is 55.4 Å². The Balaban J connectivity index is 1.09. The molecule has 0 atom stereocenters. The van der Waals surface area contributed by atoms with Crippen molar-refractivity contribution in [3.8, 4) is 33.9 Å². The molecule has 4 heterocycles. The van der Waals surface area contributed by atoms with Gasteiger partial charge in [0.1, 0.15) is 22.5 Å². The fraction of sp³-hybridized carbons (Fsp3) is 0.0714. The van der Waals surface area contributed by atoms with Crippen molar-refractivity contribution in [2.45, 2.75) is 19.3 Å². The van der Waals surface area contributed by atoms with Crippen molar-refractivity contribution in [3.05, 3.63) is 149 Å². The number of furan rings is 1. The molecule has 0 amide bonds. The number of fused-ring (bicyclic) bond motifs is 7. The van der Waals surface area contributed by atoms with Crippen LogP contribution in [0.5, 0.6) is 11.5 Å². The third-order valence-corrected chi connectivity index (χ3v) is 9.85. The summed E-state index contributed by atoms with van der Waals surface area (Å²) in [5, 5.41) is 2.06. The Labute approximate surface area is 269 Å². The lowest BCUT2D eigenvalue weighted by Crippen LogP contribution is -2.32. The molecule has 2 aromatic heterocycles. The second kappa shape index (κ2) is 9.24. The van der Waals surface area contributed by atoms with E-state index >= 15 is 0 Å². The van der Waals surface area contributed by atoms with E-state index in [4.69, 9.17) is 13.6 Å². The van der Waals surface area contributed by atoms with Gasteiger partial charge in [-0.15, -0.1) is 0 Å². The van der Waals surface area contributed by atoms with Gasteiger partial charge in [0.2, 0.25) is 5.43 Å². The van der Waals surface area contributed by atoms with Crippen LogP contribution in [0.4, 0.5) is 17.1 Å². The third-order valence-electron chi connectivity index (χ3n) is 9.85. The molecule has 0 saturated heterocycles. The first-order chi connectivity index (χ1) is 22.9. The fourth-order valence-corrected chi connectivity index (χ4v) is 7.44. The average Bonchev–Trinajstić information content (AvgIpc) is 3.54. The summed E-state index contributed by atoms with van der Waals surface area (Å²) in [5.41, 5.74) is 10.1. The first-order valence-corrected chi connectivity index (χ1v) is 15.8. The SMILES string of the molecule is CC1(C)c2ccccc2N2c3ccc(-c4ccc5oc6ccc(-c7cc8ccccc8o7)cc6c(=O)c5c4)cc3Oc3cccc1c32. The molecule has 0 saturated carbocycles. The Morgan fingerprint density at radius 3 is 2.11 bits per heavy atom. The lowest BCUT2D eigenvalue weighted by atomic mass is 9.73. The van der Waals surface area contributed by atoms with Gasteiger partial charge in [-0.05, 0) is 89.0 Å².